The molecule has 2 rings (SSSR count). The maximum Gasteiger partial charge on any atom is 0.243 e. The van der Waals surface area contributed by atoms with Crippen molar-refractivity contribution in [3.63, 3.8) is 0 Å². The Labute approximate surface area is 289 Å². The number of fused-ring (bicyclic) bond motifs is 1. The first-order valence-electron chi connectivity index (χ1n) is 17.0. The average molecular weight is 688 g/mol. The lowest BCUT2D eigenvalue weighted by molar-refractivity contribution is -0.135. The lowest BCUT2D eigenvalue weighted by atomic mass is 9.87. The van der Waals surface area contributed by atoms with E-state index in [2.05, 4.69) is 41.2 Å². The number of carbonyl (C=O) groups is 5. The van der Waals surface area contributed by atoms with Gasteiger partial charge in [0.05, 0.1) is 15.2 Å². The maximum atomic E-state index is 13.8. The summed E-state index contributed by atoms with van der Waals surface area (Å²) >= 11 is 1.47. The highest BCUT2D eigenvalue weighted by Gasteiger charge is 2.33. The number of nitrogens with two attached hydrogens (primary N) is 2. The Balaban J connectivity index is 2.34. The van der Waals surface area contributed by atoms with Gasteiger partial charge in [0.2, 0.25) is 29.5 Å². The smallest absolute Gasteiger partial charge is 0.243 e. The van der Waals surface area contributed by atoms with E-state index in [1.165, 1.54) is 16.9 Å². The van der Waals surface area contributed by atoms with E-state index in [9.17, 15) is 24.0 Å². The minimum Gasteiger partial charge on any atom is -0.368 e. The van der Waals surface area contributed by atoms with Crippen LogP contribution in [0.5, 0.6) is 0 Å². The van der Waals surface area contributed by atoms with Gasteiger partial charge in [0.1, 0.15) is 24.2 Å². The second kappa shape index (κ2) is 18.8. The fraction of sp³-hybridized carbons (Fsp3) is 0.657. The van der Waals surface area contributed by atoms with Crippen molar-refractivity contribution in [3.8, 4) is 0 Å². The molecule has 5 amide bonds. The summed E-state index contributed by atoms with van der Waals surface area (Å²) in [5.74, 6) is -2.13. The number of nitrogens with one attached hydrogen (secondary N) is 4. The molecule has 0 saturated heterocycles. The molecular weight excluding hydrogens is 630 g/mol. The Bertz CT molecular complexity index is 1400. The Morgan fingerprint density at radius 3 is 2.02 bits per heavy atom. The van der Waals surface area contributed by atoms with Gasteiger partial charge in [-0.1, -0.05) is 61.5 Å². The van der Waals surface area contributed by atoms with Gasteiger partial charge in [-0.05, 0) is 73.6 Å². The summed E-state index contributed by atoms with van der Waals surface area (Å²) < 4.78 is 0.994. The monoisotopic (exact) mass is 687 g/mol. The third-order valence-corrected chi connectivity index (χ3v) is 8.91. The lowest BCUT2D eigenvalue weighted by Gasteiger charge is -2.30. The highest BCUT2D eigenvalue weighted by atomic mass is 32.1. The molecule has 0 aliphatic heterocycles. The molecular formula is C35H57N7O5S. The highest BCUT2D eigenvalue weighted by molar-refractivity contribution is 7.18. The lowest BCUT2D eigenvalue weighted by Crippen LogP contribution is -2.59. The number of aromatic nitrogens is 1. The summed E-state index contributed by atoms with van der Waals surface area (Å²) in [6.07, 6.45) is 2.41. The van der Waals surface area contributed by atoms with Crippen molar-refractivity contribution in [3.05, 3.63) is 28.8 Å². The molecule has 0 fully saturated rings. The van der Waals surface area contributed by atoms with Gasteiger partial charge in [0.25, 0.3) is 0 Å². The zero-order valence-corrected chi connectivity index (χ0v) is 30.7. The summed E-state index contributed by atoms with van der Waals surface area (Å²) in [4.78, 5) is 70.4. The van der Waals surface area contributed by atoms with Gasteiger partial charge in [-0.15, -0.1) is 11.3 Å². The van der Waals surface area contributed by atoms with Gasteiger partial charge in [-0.25, -0.2) is 4.98 Å². The average Bonchev–Trinajstić information content (AvgIpc) is 3.40. The van der Waals surface area contributed by atoms with Gasteiger partial charge in [-0.3, -0.25) is 24.0 Å². The number of carbonyl (C=O) groups excluding carboxylic acids is 5. The van der Waals surface area contributed by atoms with E-state index in [1.807, 2.05) is 46.8 Å². The molecule has 13 heteroatoms. The van der Waals surface area contributed by atoms with Crippen molar-refractivity contribution >= 4 is 51.1 Å². The van der Waals surface area contributed by atoms with Crippen LogP contribution in [0.2, 0.25) is 0 Å². The Hall–Kier alpha value is -3.58. The number of primary amides is 1. The van der Waals surface area contributed by atoms with Crippen molar-refractivity contribution in [2.45, 2.75) is 130 Å². The Kier molecular flexibility index (Phi) is 15.9. The topological polar surface area (TPSA) is 198 Å². The van der Waals surface area contributed by atoms with Crippen LogP contribution in [-0.4, -0.2) is 65.2 Å². The van der Waals surface area contributed by atoms with Crippen LogP contribution >= 0.6 is 11.3 Å². The third-order valence-electron chi connectivity index (χ3n) is 7.87. The van der Waals surface area contributed by atoms with Gasteiger partial charge < -0.3 is 32.7 Å². The van der Waals surface area contributed by atoms with E-state index < -0.39 is 47.8 Å². The number of unbranched alkanes of at least 4 members (excludes halogenated alkanes) is 1. The molecule has 4 atom stereocenters. The van der Waals surface area contributed by atoms with Crippen molar-refractivity contribution in [2.75, 3.05) is 6.54 Å². The molecule has 0 spiro atoms. The molecule has 2 aromatic rings. The molecule has 1 aromatic heterocycles. The quantitative estimate of drug-likeness (QED) is 0.122. The van der Waals surface area contributed by atoms with Crippen LogP contribution in [-0.2, 0) is 30.4 Å². The minimum atomic E-state index is -1.02. The number of benzene rings is 1. The number of nitrogens with zero attached hydrogens (tertiary/aromatic N) is 1. The highest BCUT2D eigenvalue weighted by Crippen LogP contribution is 2.27. The molecule has 1 heterocycles. The van der Waals surface area contributed by atoms with Gasteiger partial charge in [0.15, 0.2) is 0 Å². The fourth-order valence-corrected chi connectivity index (χ4v) is 6.29. The summed E-state index contributed by atoms with van der Waals surface area (Å²) in [6.45, 7) is 16.0. The van der Waals surface area contributed by atoms with Gasteiger partial charge in [-0.2, -0.15) is 0 Å². The predicted molar refractivity (Wildman–Crippen MR) is 191 cm³/mol. The Morgan fingerprint density at radius 2 is 1.46 bits per heavy atom. The molecule has 8 N–H and O–H groups in total. The second-order valence-corrected chi connectivity index (χ2v) is 15.5. The first-order valence-corrected chi connectivity index (χ1v) is 17.8. The van der Waals surface area contributed by atoms with Crippen LogP contribution in [0.4, 0.5) is 0 Å². The van der Waals surface area contributed by atoms with Crippen LogP contribution in [0.3, 0.4) is 0 Å². The zero-order chi connectivity index (χ0) is 36.2. The molecule has 0 radical (unpaired) electrons. The number of thiazole rings is 1. The van der Waals surface area contributed by atoms with Crippen molar-refractivity contribution < 1.29 is 24.0 Å². The van der Waals surface area contributed by atoms with Crippen molar-refractivity contribution in [2.24, 2.45) is 22.8 Å². The van der Waals surface area contributed by atoms with E-state index in [4.69, 9.17) is 16.5 Å². The largest absolute Gasteiger partial charge is 0.368 e. The van der Waals surface area contributed by atoms with E-state index in [1.54, 1.807) is 6.92 Å². The van der Waals surface area contributed by atoms with E-state index in [0.717, 1.165) is 10.2 Å². The van der Waals surface area contributed by atoms with E-state index in [-0.39, 0.29) is 42.9 Å². The summed E-state index contributed by atoms with van der Waals surface area (Å²) in [5, 5.41) is 11.9. The molecule has 0 unspecified atom stereocenters. The van der Waals surface area contributed by atoms with Crippen LogP contribution in [0.15, 0.2) is 18.2 Å². The molecule has 0 saturated carbocycles. The second-order valence-electron chi connectivity index (χ2n) is 14.4. The van der Waals surface area contributed by atoms with Crippen LogP contribution in [0, 0.1) is 11.3 Å². The van der Waals surface area contributed by atoms with Crippen molar-refractivity contribution in [1.29, 1.82) is 0 Å². The molecule has 0 bridgehead atoms. The molecule has 48 heavy (non-hydrogen) atoms. The molecule has 12 nitrogen and oxygen atoms in total. The van der Waals surface area contributed by atoms with Crippen LogP contribution in [0.1, 0.15) is 110 Å². The van der Waals surface area contributed by atoms with Crippen LogP contribution in [0.25, 0.3) is 10.2 Å². The van der Waals surface area contributed by atoms with Crippen molar-refractivity contribution in [1.82, 2.24) is 26.3 Å². The fourth-order valence-electron chi connectivity index (χ4n) is 5.23. The standard InChI is InChI=1S/C35H57N7O5S/c1-9-29(43)38-26(18-30-39-23-14-13-22(21(4)5)17-28(23)48-30)33(46)42-27(19-35(6,7)8)34(47)40-24(12-10-11-15-36)32(45)41-25(31(37)44)16-20(2)3/h13-14,17,20-21,24-27H,9-12,15-16,18-19,36H2,1-8H3,(H2,37,44)(H,38,43)(H,40,47)(H,41,45)(H,42,46)/t24-,25-,26-,27-/m0/s1. The molecule has 1 aromatic carbocycles. The van der Waals surface area contributed by atoms with Crippen LogP contribution < -0.4 is 32.7 Å². The normalized spacial score (nSPS) is 14.3. The predicted octanol–water partition coefficient (Wildman–Crippen LogP) is 3.41. The van der Waals surface area contributed by atoms with E-state index >= 15 is 0 Å². The first kappa shape index (κ1) is 40.6. The van der Waals surface area contributed by atoms with Gasteiger partial charge in [0, 0.05) is 12.8 Å². The minimum absolute atomic E-state index is 0.0980. The summed E-state index contributed by atoms with van der Waals surface area (Å²) in [5.41, 5.74) is 12.9. The molecule has 0 aliphatic rings. The SMILES string of the molecule is CCC(=O)N[C@@H](Cc1nc2ccc(C(C)C)cc2s1)C(=O)N[C@@H](CC(C)(C)C)C(=O)N[C@@H](CCCCN)C(=O)N[C@@H](CC(C)C)C(N)=O. The first-order chi connectivity index (χ1) is 22.4. The summed E-state index contributed by atoms with van der Waals surface area (Å²) in [6, 6.07) is 2.23. The maximum absolute atomic E-state index is 13.8. The number of amides is 5. The number of rotatable bonds is 19. The van der Waals surface area contributed by atoms with E-state index in [0.29, 0.717) is 36.7 Å². The molecule has 268 valence electrons. The summed E-state index contributed by atoms with van der Waals surface area (Å²) in [7, 11) is 0. The number of hydrogen-bond donors (Lipinski definition) is 6. The number of hydrogen-bond acceptors (Lipinski definition) is 8. The van der Waals surface area contributed by atoms with Gasteiger partial charge >= 0.3 is 0 Å². The Morgan fingerprint density at radius 1 is 0.854 bits per heavy atom. The zero-order valence-electron chi connectivity index (χ0n) is 29.9. The third kappa shape index (κ3) is 13.5. The molecule has 0 aliphatic carbocycles.